The van der Waals surface area contributed by atoms with Crippen LogP contribution in [-0.4, -0.2) is 50.3 Å². The monoisotopic (exact) mass is 321 g/mol. The summed E-state index contributed by atoms with van der Waals surface area (Å²) in [7, 11) is 4.12. The molecule has 0 radical (unpaired) electrons. The number of para-hydroxylation sites is 1. The van der Waals surface area contributed by atoms with Gasteiger partial charge in [0.25, 0.3) is 0 Å². The van der Waals surface area contributed by atoms with Crippen molar-refractivity contribution in [3.05, 3.63) is 29.8 Å². The predicted octanol–water partition coefficient (Wildman–Crippen LogP) is 2.79. The Morgan fingerprint density at radius 2 is 1.83 bits per heavy atom. The zero-order chi connectivity index (χ0) is 17.3. The molecule has 0 aliphatic heterocycles. The third kappa shape index (κ3) is 5.75. The Morgan fingerprint density at radius 1 is 1.17 bits per heavy atom. The highest BCUT2D eigenvalue weighted by molar-refractivity contribution is 5.73. The number of rotatable bonds is 9. The number of aryl methyl sites for hydroxylation is 1. The first-order chi connectivity index (χ1) is 10.9. The van der Waals surface area contributed by atoms with Gasteiger partial charge in [0.05, 0.1) is 6.54 Å². The predicted molar refractivity (Wildman–Crippen MR) is 95.1 cm³/mol. The summed E-state index contributed by atoms with van der Waals surface area (Å²) in [5.41, 5.74) is 1.10. The molecule has 0 bridgehead atoms. The zero-order valence-electron chi connectivity index (χ0n) is 15.1. The molecule has 0 unspecified atom stereocenters. The molecule has 0 spiro atoms. The van der Waals surface area contributed by atoms with Crippen molar-refractivity contribution in [2.45, 2.75) is 39.2 Å². The van der Waals surface area contributed by atoms with Crippen molar-refractivity contribution in [1.29, 1.82) is 0 Å². The molecule has 5 nitrogen and oxygen atoms in total. The number of carbonyl (C=O) groups is 1. The van der Waals surface area contributed by atoms with Crippen LogP contribution in [0.5, 0.6) is 5.75 Å². The highest BCUT2D eigenvalue weighted by atomic mass is 16.5. The molecule has 2 amide bonds. The smallest absolute Gasteiger partial charge is 0.314 e. The third-order valence-electron chi connectivity index (χ3n) is 4.58. The molecular formula is C18H31N3O2. The van der Waals surface area contributed by atoms with Crippen molar-refractivity contribution >= 4 is 6.03 Å². The van der Waals surface area contributed by atoms with Crippen LogP contribution < -0.4 is 15.4 Å². The van der Waals surface area contributed by atoms with E-state index in [1.165, 1.54) is 0 Å². The maximum Gasteiger partial charge on any atom is 0.314 e. The van der Waals surface area contributed by atoms with Gasteiger partial charge in [0, 0.05) is 12.1 Å². The van der Waals surface area contributed by atoms with E-state index in [2.05, 4.69) is 43.5 Å². The molecule has 1 aromatic carbocycles. The Hall–Kier alpha value is -1.75. The zero-order valence-corrected chi connectivity index (χ0v) is 15.1. The van der Waals surface area contributed by atoms with Gasteiger partial charge in [0.2, 0.25) is 0 Å². The lowest BCUT2D eigenvalue weighted by molar-refractivity contribution is 0.137. The Morgan fingerprint density at radius 3 is 2.39 bits per heavy atom. The normalized spacial score (nSPS) is 11.4. The average molecular weight is 321 g/mol. The maximum atomic E-state index is 11.9. The first kappa shape index (κ1) is 19.3. The lowest BCUT2D eigenvalue weighted by Gasteiger charge is -2.38. The number of likely N-dealkylation sites (N-methyl/N-ethyl adjacent to an activating group) is 1. The van der Waals surface area contributed by atoms with Crippen molar-refractivity contribution in [1.82, 2.24) is 15.5 Å². The minimum Gasteiger partial charge on any atom is -0.491 e. The van der Waals surface area contributed by atoms with Gasteiger partial charge < -0.3 is 20.3 Å². The first-order valence-corrected chi connectivity index (χ1v) is 8.32. The molecule has 0 heterocycles. The minimum atomic E-state index is -0.147. The number of nitrogens with zero attached hydrogens (tertiary/aromatic N) is 1. The van der Waals surface area contributed by atoms with E-state index in [4.69, 9.17) is 4.74 Å². The summed E-state index contributed by atoms with van der Waals surface area (Å²) >= 11 is 0. The first-order valence-electron chi connectivity index (χ1n) is 8.32. The second kappa shape index (κ2) is 9.40. The van der Waals surface area contributed by atoms with Crippen molar-refractivity contribution in [3.63, 3.8) is 0 Å². The van der Waals surface area contributed by atoms with Crippen LogP contribution in [0.2, 0.25) is 0 Å². The Labute approximate surface area is 140 Å². The minimum absolute atomic E-state index is 0.00892. The number of hydrogen-bond acceptors (Lipinski definition) is 3. The van der Waals surface area contributed by atoms with Gasteiger partial charge in [0.1, 0.15) is 12.4 Å². The number of hydrogen-bond donors (Lipinski definition) is 2. The summed E-state index contributed by atoms with van der Waals surface area (Å²) in [6.07, 6.45) is 1.99. The van der Waals surface area contributed by atoms with E-state index in [1.54, 1.807) is 0 Å². The molecule has 5 heteroatoms. The van der Waals surface area contributed by atoms with Crippen molar-refractivity contribution in [2.75, 3.05) is 33.8 Å². The van der Waals surface area contributed by atoms with Crippen LogP contribution in [0, 0.1) is 6.92 Å². The van der Waals surface area contributed by atoms with Gasteiger partial charge >= 0.3 is 6.03 Å². The van der Waals surface area contributed by atoms with Gasteiger partial charge in [-0.3, -0.25) is 0 Å². The van der Waals surface area contributed by atoms with E-state index in [0.717, 1.165) is 24.2 Å². The van der Waals surface area contributed by atoms with Crippen LogP contribution in [0.4, 0.5) is 4.79 Å². The molecule has 0 saturated carbocycles. The number of carbonyl (C=O) groups excluding carboxylic acids is 1. The van der Waals surface area contributed by atoms with Gasteiger partial charge in [0.15, 0.2) is 0 Å². The summed E-state index contributed by atoms with van der Waals surface area (Å²) in [5, 5.41) is 5.81. The molecule has 1 rings (SSSR count). The van der Waals surface area contributed by atoms with E-state index in [-0.39, 0.29) is 11.6 Å². The van der Waals surface area contributed by atoms with Gasteiger partial charge in [-0.25, -0.2) is 4.79 Å². The number of nitrogens with one attached hydrogen (secondary N) is 2. The van der Waals surface area contributed by atoms with E-state index in [1.807, 2.05) is 31.2 Å². The topological polar surface area (TPSA) is 53.6 Å². The fourth-order valence-electron chi connectivity index (χ4n) is 2.64. The molecule has 130 valence electrons. The van der Waals surface area contributed by atoms with Crippen molar-refractivity contribution < 1.29 is 9.53 Å². The van der Waals surface area contributed by atoms with Crippen LogP contribution in [0.3, 0.4) is 0 Å². The fourth-order valence-corrected chi connectivity index (χ4v) is 2.64. The van der Waals surface area contributed by atoms with E-state index in [9.17, 15) is 4.79 Å². The average Bonchev–Trinajstić information content (AvgIpc) is 2.54. The van der Waals surface area contributed by atoms with Crippen molar-refractivity contribution in [3.8, 4) is 5.75 Å². The number of benzene rings is 1. The summed E-state index contributed by atoms with van der Waals surface area (Å²) in [6.45, 7) is 7.88. The Kier molecular flexibility index (Phi) is 7.89. The van der Waals surface area contributed by atoms with E-state index < -0.39 is 0 Å². The molecule has 0 aliphatic carbocycles. The maximum absolute atomic E-state index is 11.9. The largest absolute Gasteiger partial charge is 0.491 e. The molecule has 0 saturated heterocycles. The summed E-state index contributed by atoms with van der Waals surface area (Å²) in [6, 6.07) is 7.71. The second-order valence-electron chi connectivity index (χ2n) is 6.05. The third-order valence-corrected chi connectivity index (χ3v) is 4.58. The van der Waals surface area contributed by atoms with Gasteiger partial charge in [-0.1, -0.05) is 32.0 Å². The lowest BCUT2D eigenvalue weighted by atomic mass is 9.91. The molecule has 2 N–H and O–H groups in total. The standard InChI is InChI=1S/C18H31N3O2/c1-6-18(7-2,21(4)5)14-20-17(22)19-12-13-23-16-11-9-8-10-15(16)3/h8-11H,6-7,12-14H2,1-5H3,(H2,19,20,22). The van der Waals surface area contributed by atoms with Crippen LogP contribution in [0.15, 0.2) is 24.3 Å². The molecule has 0 fully saturated rings. The Balaban J connectivity index is 2.31. The molecule has 0 aromatic heterocycles. The van der Waals surface area contributed by atoms with E-state index >= 15 is 0 Å². The van der Waals surface area contributed by atoms with Crippen LogP contribution >= 0.6 is 0 Å². The molecule has 0 aliphatic rings. The number of urea groups is 1. The summed E-state index contributed by atoms with van der Waals surface area (Å²) < 4.78 is 5.66. The highest BCUT2D eigenvalue weighted by Crippen LogP contribution is 2.20. The summed E-state index contributed by atoms with van der Waals surface area (Å²) in [4.78, 5) is 14.1. The van der Waals surface area contributed by atoms with Crippen LogP contribution in [-0.2, 0) is 0 Å². The number of ether oxygens (including phenoxy) is 1. The fraction of sp³-hybridized carbons (Fsp3) is 0.611. The van der Waals surface area contributed by atoms with Gasteiger partial charge in [-0.2, -0.15) is 0 Å². The Bertz CT molecular complexity index is 485. The highest BCUT2D eigenvalue weighted by Gasteiger charge is 2.28. The van der Waals surface area contributed by atoms with Gasteiger partial charge in [-0.05, 0) is 45.5 Å². The molecule has 23 heavy (non-hydrogen) atoms. The van der Waals surface area contributed by atoms with E-state index in [0.29, 0.717) is 19.7 Å². The van der Waals surface area contributed by atoms with Crippen molar-refractivity contribution in [2.24, 2.45) is 0 Å². The summed E-state index contributed by atoms with van der Waals surface area (Å²) in [5.74, 6) is 0.860. The SMILES string of the molecule is CCC(CC)(CNC(=O)NCCOc1ccccc1C)N(C)C. The molecule has 1 aromatic rings. The van der Waals surface area contributed by atoms with Crippen LogP contribution in [0.25, 0.3) is 0 Å². The molecular weight excluding hydrogens is 290 g/mol. The number of amides is 2. The van der Waals surface area contributed by atoms with Crippen LogP contribution in [0.1, 0.15) is 32.3 Å². The molecule has 0 atom stereocenters. The second-order valence-corrected chi connectivity index (χ2v) is 6.05. The van der Waals surface area contributed by atoms with Gasteiger partial charge in [-0.15, -0.1) is 0 Å². The quantitative estimate of drug-likeness (QED) is 0.688. The lowest BCUT2D eigenvalue weighted by Crippen LogP contribution is -2.53.